The Labute approximate surface area is 203 Å². The summed E-state index contributed by atoms with van der Waals surface area (Å²) in [4.78, 5) is 28.5. The van der Waals surface area contributed by atoms with Crippen molar-refractivity contribution in [2.75, 3.05) is 7.11 Å². The predicted octanol–water partition coefficient (Wildman–Crippen LogP) is 4.49. The van der Waals surface area contributed by atoms with Crippen LogP contribution in [0.3, 0.4) is 0 Å². The third-order valence-corrected chi connectivity index (χ3v) is 5.56. The van der Waals surface area contributed by atoms with E-state index in [4.69, 9.17) is 9.47 Å². The van der Waals surface area contributed by atoms with Gasteiger partial charge in [0.15, 0.2) is 0 Å². The number of carbonyl (C=O) groups excluding carboxylic acids is 2. The first-order valence-corrected chi connectivity index (χ1v) is 11.2. The second-order valence-corrected chi connectivity index (χ2v) is 7.85. The van der Waals surface area contributed by atoms with Crippen LogP contribution in [0, 0.1) is 6.92 Å². The zero-order chi connectivity index (χ0) is 24.8. The molecule has 1 aromatic heterocycles. The van der Waals surface area contributed by atoms with Gasteiger partial charge in [-0.2, -0.15) is 5.10 Å². The normalized spacial score (nSPS) is 11.1. The van der Waals surface area contributed by atoms with E-state index in [-0.39, 0.29) is 11.9 Å². The number of ether oxygens (including phenoxy) is 2. The van der Waals surface area contributed by atoms with Gasteiger partial charge in [-0.3, -0.25) is 4.79 Å². The molecule has 0 saturated carbocycles. The molecule has 178 valence electrons. The van der Waals surface area contributed by atoms with Crippen molar-refractivity contribution in [1.29, 1.82) is 0 Å². The number of fused-ring (bicyclic) bond motifs is 1. The minimum atomic E-state index is -0.370. The number of nitrogens with one attached hydrogen (secondary N) is 1. The van der Waals surface area contributed by atoms with Crippen molar-refractivity contribution in [3.05, 3.63) is 94.8 Å². The van der Waals surface area contributed by atoms with Crippen LogP contribution in [0.2, 0.25) is 0 Å². The number of amides is 1. The van der Waals surface area contributed by atoms with Gasteiger partial charge in [0.2, 0.25) is 0 Å². The topological polar surface area (TPSA) is 94.8 Å². The Bertz CT molecular complexity index is 1370. The Morgan fingerprint density at radius 1 is 1.03 bits per heavy atom. The van der Waals surface area contributed by atoms with Crippen LogP contribution < -0.4 is 10.2 Å². The average molecular weight is 471 g/mol. The van der Waals surface area contributed by atoms with Gasteiger partial charge in [-0.1, -0.05) is 12.1 Å². The van der Waals surface area contributed by atoms with Gasteiger partial charge in [-0.05, 0) is 79.6 Å². The fraction of sp³-hybridized carbons (Fsp3) is 0.185. The number of nitrogens with zero attached hydrogens (tertiary/aromatic N) is 3. The fourth-order valence-electron chi connectivity index (χ4n) is 3.69. The highest BCUT2D eigenvalue weighted by Gasteiger charge is 2.10. The summed E-state index contributed by atoms with van der Waals surface area (Å²) < 4.78 is 12.6. The molecule has 35 heavy (non-hydrogen) atoms. The van der Waals surface area contributed by atoms with E-state index >= 15 is 0 Å². The van der Waals surface area contributed by atoms with E-state index in [0.29, 0.717) is 23.5 Å². The summed E-state index contributed by atoms with van der Waals surface area (Å²) in [7, 11) is 1.35. The molecule has 8 heteroatoms. The first-order valence-electron chi connectivity index (χ1n) is 11.2. The van der Waals surface area contributed by atoms with Gasteiger partial charge in [0.05, 0.1) is 29.9 Å². The number of hydrogen-bond acceptors (Lipinski definition) is 6. The van der Waals surface area contributed by atoms with Gasteiger partial charge >= 0.3 is 5.97 Å². The van der Waals surface area contributed by atoms with Crippen LogP contribution in [0.15, 0.2) is 71.8 Å². The molecule has 0 atom stereocenters. The molecule has 0 radical (unpaired) electrons. The Hall–Kier alpha value is -4.46. The second kappa shape index (κ2) is 10.6. The smallest absolute Gasteiger partial charge is 0.337 e. The van der Waals surface area contributed by atoms with Crippen LogP contribution in [-0.2, 0) is 17.9 Å². The lowest BCUT2D eigenvalue weighted by Gasteiger charge is -2.07. The zero-order valence-electron chi connectivity index (χ0n) is 19.8. The Kier molecular flexibility index (Phi) is 7.21. The van der Waals surface area contributed by atoms with Crippen LogP contribution in [0.5, 0.6) is 5.75 Å². The van der Waals surface area contributed by atoms with Gasteiger partial charge in [-0.15, -0.1) is 0 Å². The lowest BCUT2D eigenvalue weighted by atomic mass is 10.1. The SMILES string of the molecule is CCn1c(C)nc2cc(C(=O)N/N=C\c3ccc(OCc4ccc(C(=O)OC)cc4)cc3)ccc21. The molecule has 0 aliphatic rings. The number of rotatable bonds is 8. The maximum Gasteiger partial charge on any atom is 0.337 e. The van der Waals surface area contributed by atoms with E-state index in [1.54, 1.807) is 30.5 Å². The van der Waals surface area contributed by atoms with Crippen LogP contribution in [0.4, 0.5) is 0 Å². The van der Waals surface area contributed by atoms with Crippen LogP contribution in [0.1, 0.15) is 44.6 Å². The standard InChI is InChI=1S/C27H26N4O4/c1-4-31-18(2)29-24-15-22(11-14-25(24)31)26(32)30-28-16-19-7-12-23(13-8-19)35-17-20-5-9-21(10-6-20)27(33)34-3/h5-16H,4,17H2,1-3H3,(H,30,32)/b28-16-. The van der Waals surface area contributed by atoms with Crippen molar-refractivity contribution in [3.63, 3.8) is 0 Å². The zero-order valence-corrected chi connectivity index (χ0v) is 19.8. The lowest BCUT2D eigenvalue weighted by Crippen LogP contribution is -2.17. The molecule has 0 saturated heterocycles. The number of carbonyl (C=O) groups is 2. The van der Waals surface area contributed by atoms with Crippen LogP contribution >= 0.6 is 0 Å². The molecule has 1 heterocycles. The van der Waals surface area contributed by atoms with E-state index in [2.05, 4.69) is 27.0 Å². The number of benzene rings is 3. The summed E-state index contributed by atoms with van der Waals surface area (Å²) in [6.07, 6.45) is 1.57. The lowest BCUT2D eigenvalue weighted by molar-refractivity contribution is 0.0600. The number of esters is 1. The molecule has 0 bridgehead atoms. The van der Waals surface area contributed by atoms with Crippen LogP contribution in [-0.4, -0.2) is 34.8 Å². The summed E-state index contributed by atoms with van der Waals surface area (Å²) in [5.74, 6) is 0.941. The van der Waals surface area contributed by atoms with E-state index in [0.717, 1.165) is 34.5 Å². The van der Waals surface area contributed by atoms with Gasteiger partial charge < -0.3 is 14.0 Å². The monoisotopic (exact) mass is 470 g/mol. The molecule has 3 aromatic carbocycles. The largest absolute Gasteiger partial charge is 0.489 e. The Balaban J connectivity index is 1.31. The minimum Gasteiger partial charge on any atom is -0.489 e. The number of hydrazone groups is 1. The van der Waals surface area contributed by atoms with E-state index < -0.39 is 0 Å². The summed E-state index contributed by atoms with van der Waals surface area (Å²) >= 11 is 0. The number of imidazole rings is 1. The van der Waals surface area contributed by atoms with Gasteiger partial charge in [0.1, 0.15) is 18.2 Å². The number of methoxy groups -OCH3 is 1. The van der Waals surface area contributed by atoms with E-state index in [9.17, 15) is 9.59 Å². The number of aromatic nitrogens is 2. The molecule has 4 rings (SSSR count). The van der Waals surface area contributed by atoms with Crippen molar-refractivity contribution in [2.45, 2.75) is 27.0 Å². The molecule has 0 aliphatic heterocycles. The number of aryl methyl sites for hydroxylation is 2. The fourth-order valence-corrected chi connectivity index (χ4v) is 3.69. The van der Waals surface area contributed by atoms with Gasteiger partial charge in [0.25, 0.3) is 5.91 Å². The van der Waals surface area contributed by atoms with Crippen molar-refractivity contribution < 1.29 is 19.1 Å². The summed E-state index contributed by atoms with van der Waals surface area (Å²) in [5.41, 5.74) is 7.09. The molecule has 0 spiro atoms. The van der Waals surface area contributed by atoms with Gasteiger partial charge in [-0.25, -0.2) is 15.2 Å². The molecule has 0 aliphatic carbocycles. The predicted molar refractivity (Wildman–Crippen MR) is 134 cm³/mol. The molecule has 4 aromatic rings. The first-order chi connectivity index (χ1) is 17.0. The summed E-state index contributed by atoms with van der Waals surface area (Å²) in [6.45, 7) is 5.21. The molecule has 1 N–H and O–H groups in total. The highest BCUT2D eigenvalue weighted by Crippen LogP contribution is 2.18. The van der Waals surface area contributed by atoms with Crippen molar-refractivity contribution in [2.24, 2.45) is 5.10 Å². The minimum absolute atomic E-state index is 0.301. The molecular formula is C27H26N4O4. The molecule has 1 amide bonds. The third kappa shape index (κ3) is 5.55. The summed E-state index contributed by atoms with van der Waals surface area (Å²) in [6, 6.07) is 19.8. The van der Waals surface area contributed by atoms with Crippen molar-refractivity contribution in [1.82, 2.24) is 15.0 Å². The second-order valence-electron chi connectivity index (χ2n) is 7.85. The quantitative estimate of drug-likeness (QED) is 0.233. The molecule has 0 unspecified atom stereocenters. The maximum absolute atomic E-state index is 12.5. The Morgan fingerprint density at radius 2 is 1.74 bits per heavy atom. The van der Waals surface area contributed by atoms with Crippen molar-refractivity contribution in [3.8, 4) is 5.75 Å². The summed E-state index contributed by atoms with van der Waals surface area (Å²) in [5, 5.41) is 4.06. The van der Waals surface area contributed by atoms with Crippen molar-refractivity contribution >= 4 is 29.1 Å². The third-order valence-electron chi connectivity index (χ3n) is 5.56. The van der Waals surface area contributed by atoms with Crippen LogP contribution in [0.25, 0.3) is 11.0 Å². The van der Waals surface area contributed by atoms with E-state index in [1.807, 2.05) is 49.4 Å². The average Bonchev–Trinajstić information content (AvgIpc) is 3.21. The highest BCUT2D eigenvalue weighted by molar-refractivity contribution is 5.98. The molecule has 8 nitrogen and oxygen atoms in total. The highest BCUT2D eigenvalue weighted by atomic mass is 16.5. The van der Waals surface area contributed by atoms with E-state index in [1.165, 1.54) is 7.11 Å². The molecular weight excluding hydrogens is 444 g/mol. The molecule has 0 fully saturated rings. The first kappa shape index (κ1) is 23.7. The van der Waals surface area contributed by atoms with Gasteiger partial charge in [0, 0.05) is 12.1 Å². The number of hydrogen-bond donors (Lipinski definition) is 1. The maximum atomic E-state index is 12.5. The Morgan fingerprint density at radius 3 is 2.43 bits per heavy atom.